The van der Waals surface area contributed by atoms with Gasteiger partial charge in [-0.2, -0.15) is 0 Å². The van der Waals surface area contributed by atoms with Gasteiger partial charge in [0.2, 0.25) is 0 Å². The molecule has 34 heavy (non-hydrogen) atoms. The predicted octanol–water partition coefficient (Wildman–Crippen LogP) is 5.26. The second-order valence-electron chi connectivity index (χ2n) is 10.0. The van der Waals surface area contributed by atoms with Crippen molar-refractivity contribution in [2.45, 2.75) is 86.0 Å². The molecule has 7 heteroatoms. The molecule has 0 aliphatic carbocycles. The first kappa shape index (κ1) is 28.1. The highest BCUT2D eigenvalue weighted by molar-refractivity contribution is 7.09. The van der Waals surface area contributed by atoms with E-state index < -0.39 is 23.5 Å². The number of cyclic esters (lactones) is 1. The number of thiazole rings is 1. The molecule has 188 valence electrons. The fourth-order valence-electron chi connectivity index (χ4n) is 4.11. The van der Waals surface area contributed by atoms with E-state index in [4.69, 9.17) is 4.74 Å². The number of aromatic nitrogens is 1. The van der Waals surface area contributed by atoms with Crippen LogP contribution in [0.5, 0.6) is 0 Å². The van der Waals surface area contributed by atoms with E-state index >= 15 is 0 Å². The lowest BCUT2D eigenvalue weighted by atomic mass is 9.74. The summed E-state index contributed by atoms with van der Waals surface area (Å²) in [6, 6.07) is 0. The van der Waals surface area contributed by atoms with Gasteiger partial charge in [-0.15, -0.1) is 11.3 Å². The van der Waals surface area contributed by atoms with Crippen molar-refractivity contribution in [1.82, 2.24) is 4.98 Å². The SMILES string of the molecule is CC1=C/C[C@@H](/C(C)=C/c2csc(CO)n2)OC(=O)CCC(C)(C)C(=O)[C@H](C)[C@@H](O)[C@@H](C)C\C=C\1. The van der Waals surface area contributed by atoms with Crippen molar-refractivity contribution < 1.29 is 24.5 Å². The average Bonchev–Trinajstić information content (AvgIpc) is 3.25. The van der Waals surface area contributed by atoms with Gasteiger partial charge in [0.25, 0.3) is 0 Å². The number of carbonyl (C=O) groups is 2. The minimum atomic E-state index is -0.746. The Hall–Kier alpha value is -2.09. The maximum absolute atomic E-state index is 13.1. The number of Topliss-reactive ketones (excluding diaryl/α,β-unsaturated/α-hetero) is 1. The van der Waals surface area contributed by atoms with E-state index in [1.54, 1.807) is 6.92 Å². The van der Waals surface area contributed by atoms with Crippen molar-refractivity contribution >= 4 is 29.2 Å². The Kier molecular flexibility index (Phi) is 10.4. The zero-order valence-corrected chi connectivity index (χ0v) is 22.0. The summed E-state index contributed by atoms with van der Waals surface area (Å²) in [5, 5.41) is 22.5. The van der Waals surface area contributed by atoms with Crippen molar-refractivity contribution in [3.8, 4) is 0 Å². The van der Waals surface area contributed by atoms with E-state index in [9.17, 15) is 19.8 Å². The van der Waals surface area contributed by atoms with Crippen LogP contribution in [-0.2, 0) is 20.9 Å². The maximum Gasteiger partial charge on any atom is 0.306 e. The van der Waals surface area contributed by atoms with Crippen LogP contribution in [0.25, 0.3) is 6.08 Å². The van der Waals surface area contributed by atoms with Crippen molar-refractivity contribution in [1.29, 1.82) is 0 Å². The molecule has 0 spiro atoms. The number of aliphatic hydroxyl groups excluding tert-OH is 2. The summed E-state index contributed by atoms with van der Waals surface area (Å²) in [5.41, 5.74) is 1.87. The molecule has 0 radical (unpaired) electrons. The summed E-state index contributed by atoms with van der Waals surface area (Å²) in [4.78, 5) is 30.2. The lowest BCUT2D eigenvalue weighted by Gasteiger charge is -2.31. The summed E-state index contributed by atoms with van der Waals surface area (Å²) < 4.78 is 5.85. The molecule has 1 aliphatic rings. The molecule has 0 unspecified atom stereocenters. The van der Waals surface area contributed by atoms with Gasteiger partial charge >= 0.3 is 5.97 Å². The van der Waals surface area contributed by atoms with Crippen molar-refractivity contribution in [2.75, 3.05) is 0 Å². The molecule has 0 fully saturated rings. The number of ketones is 1. The van der Waals surface area contributed by atoms with Crippen LogP contribution in [0.3, 0.4) is 0 Å². The van der Waals surface area contributed by atoms with Crippen LogP contribution in [0, 0.1) is 17.3 Å². The van der Waals surface area contributed by atoms with Crippen LogP contribution < -0.4 is 0 Å². The van der Waals surface area contributed by atoms with Crippen molar-refractivity contribution in [3.05, 3.63) is 45.5 Å². The quantitative estimate of drug-likeness (QED) is 0.563. The number of carbonyl (C=O) groups excluding carboxylic acids is 2. The molecule has 0 aromatic carbocycles. The van der Waals surface area contributed by atoms with Gasteiger partial charge in [-0.3, -0.25) is 9.59 Å². The molecule has 4 atom stereocenters. The summed E-state index contributed by atoms with van der Waals surface area (Å²) in [5.74, 6) is -0.971. The smallest absolute Gasteiger partial charge is 0.306 e. The number of hydrogen-bond donors (Lipinski definition) is 2. The Morgan fingerprint density at radius 2 is 2.00 bits per heavy atom. The molecule has 0 saturated heterocycles. The molecule has 1 aromatic rings. The van der Waals surface area contributed by atoms with E-state index in [0.29, 0.717) is 24.3 Å². The second kappa shape index (κ2) is 12.6. The van der Waals surface area contributed by atoms with E-state index in [-0.39, 0.29) is 30.7 Å². The number of hydrogen-bond acceptors (Lipinski definition) is 7. The fraction of sp³-hybridized carbons (Fsp3) is 0.593. The first-order chi connectivity index (χ1) is 15.9. The van der Waals surface area contributed by atoms with Gasteiger partial charge in [-0.25, -0.2) is 4.98 Å². The number of aliphatic hydroxyl groups is 2. The Morgan fingerprint density at radius 1 is 1.29 bits per heavy atom. The Bertz CT molecular complexity index is 943. The highest BCUT2D eigenvalue weighted by atomic mass is 32.1. The summed E-state index contributed by atoms with van der Waals surface area (Å²) >= 11 is 1.38. The molecule has 2 N–H and O–H groups in total. The van der Waals surface area contributed by atoms with E-state index in [1.807, 2.05) is 64.3 Å². The van der Waals surface area contributed by atoms with Crippen LogP contribution in [0.4, 0.5) is 0 Å². The number of allylic oxidation sites excluding steroid dienone is 3. The summed E-state index contributed by atoms with van der Waals surface area (Å²) in [6.07, 6.45) is 8.38. The number of nitrogens with zero attached hydrogens (tertiary/aromatic N) is 1. The van der Waals surface area contributed by atoms with Gasteiger partial charge in [-0.05, 0) is 44.3 Å². The van der Waals surface area contributed by atoms with Gasteiger partial charge in [0, 0.05) is 29.6 Å². The first-order valence-electron chi connectivity index (χ1n) is 11.9. The first-order valence-corrected chi connectivity index (χ1v) is 12.8. The lowest BCUT2D eigenvalue weighted by molar-refractivity contribution is -0.148. The van der Waals surface area contributed by atoms with E-state index in [2.05, 4.69) is 4.98 Å². The molecular weight excluding hydrogens is 450 g/mol. The zero-order chi connectivity index (χ0) is 25.5. The molecule has 1 aromatic heterocycles. The Labute approximate surface area is 207 Å². The largest absolute Gasteiger partial charge is 0.457 e. The third kappa shape index (κ3) is 8.00. The molecule has 1 aliphatic heterocycles. The number of esters is 1. The normalized spacial score (nSPS) is 30.4. The van der Waals surface area contributed by atoms with Gasteiger partial charge in [0.15, 0.2) is 0 Å². The van der Waals surface area contributed by atoms with Gasteiger partial charge < -0.3 is 14.9 Å². The van der Waals surface area contributed by atoms with E-state index in [0.717, 1.165) is 16.8 Å². The Balaban J connectivity index is 2.32. The molecule has 0 bridgehead atoms. The summed E-state index contributed by atoms with van der Waals surface area (Å²) in [7, 11) is 0. The number of rotatable bonds is 3. The van der Waals surface area contributed by atoms with Crippen LogP contribution in [0.15, 0.2) is 34.8 Å². The number of ether oxygens (including phenoxy) is 1. The molecule has 0 saturated carbocycles. The molecule has 2 rings (SSSR count). The van der Waals surface area contributed by atoms with Crippen LogP contribution >= 0.6 is 11.3 Å². The predicted molar refractivity (Wildman–Crippen MR) is 136 cm³/mol. The Morgan fingerprint density at radius 3 is 2.65 bits per heavy atom. The van der Waals surface area contributed by atoms with Crippen molar-refractivity contribution in [3.63, 3.8) is 0 Å². The highest BCUT2D eigenvalue weighted by Gasteiger charge is 2.36. The average molecular weight is 490 g/mol. The molecule has 6 nitrogen and oxygen atoms in total. The standard InChI is InChI=1S/C27H39NO5S/c1-17-8-7-9-18(2)25(31)20(4)26(32)27(5,6)13-12-24(30)33-22(11-10-17)19(3)14-21-16-34-23(15-29)28-21/h7-8,10,14,16,18,20,22,25,29,31H,9,11-13,15H2,1-6H3/b8-7+,17-10-,19-14+/t18-,20+,22-,25-/m0/s1. The monoisotopic (exact) mass is 489 g/mol. The second-order valence-corrected chi connectivity index (χ2v) is 11.0. The van der Waals surface area contributed by atoms with Crippen LogP contribution in [0.1, 0.15) is 77.9 Å². The maximum atomic E-state index is 13.1. The lowest BCUT2D eigenvalue weighted by Crippen LogP contribution is -2.39. The van der Waals surface area contributed by atoms with Gasteiger partial charge in [0.05, 0.1) is 18.4 Å². The topological polar surface area (TPSA) is 96.7 Å². The van der Waals surface area contributed by atoms with Crippen LogP contribution in [0.2, 0.25) is 0 Å². The summed E-state index contributed by atoms with van der Waals surface area (Å²) in [6.45, 7) is 11.2. The molecule has 2 heterocycles. The van der Waals surface area contributed by atoms with Crippen LogP contribution in [-0.4, -0.2) is 39.2 Å². The molecule has 0 amide bonds. The van der Waals surface area contributed by atoms with Gasteiger partial charge in [-0.1, -0.05) is 51.5 Å². The van der Waals surface area contributed by atoms with Gasteiger partial charge in [0.1, 0.15) is 16.9 Å². The molecular formula is C27H39NO5S. The minimum absolute atomic E-state index is 0.0392. The van der Waals surface area contributed by atoms with E-state index in [1.165, 1.54) is 11.3 Å². The minimum Gasteiger partial charge on any atom is -0.457 e. The van der Waals surface area contributed by atoms with Crippen molar-refractivity contribution in [2.24, 2.45) is 17.3 Å². The fourth-order valence-corrected chi connectivity index (χ4v) is 4.72. The third-order valence-electron chi connectivity index (χ3n) is 6.53. The highest BCUT2D eigenvalue weighted by Crippen LogP contribution is 2.31. The zero-order valence-electron chi connectivity index (χ0n) is 21.2. The third-order valence-corrected chi connectivity index (χ3v) is 7.39.